The molecule has 0 spiro atoms. The summed E-state index contributed by atoms with van der Waals surface area (Å²) < 4.78 is 7.74. The molecule has 0 aliphatic rings. The lowest BCUT2D eigenvalue weighted by molar-refractivity contribution is 0.363. The standard InChI is InChI=1S/C16H20N2O/c1-4-8-19-15-7-5-6-14(9-15)16-10-17-12-18(16)11-13(2)3/h4-7,9-10,12-13H,1,8,11H2,2-3H3. The molecule has 0 fully saturated rings. The molecule has 100 valence electrons. The molecule has 0 aliphatic carbocycles. The number of imidazole rings is 1. The molecule has 3 heteroatoms. The van der Waals surface area contributed by atoms with Crippen LogP contribution in [0.2, 0.25) is 0 Å². The van der Waals surface area contributed by atoms with Crippen LogP contribution >= 0.6 is 0 Å². The summed E-state index contributed by atoms with van der Waals surface area (Å²) >= 11 is 0. The van der Waals surface area contributed by atoms with Crippen molar-refractivity contribution < 1.29 is 4.74 Å². The van der Waals surface area contributed by atoms with E-state index in [4.69, 9.17) is 4.74 Å². The first-order valence-electron chi connectivity index (χ1n) is 6.55. The predicted octanol–water partition coefficient (Wildman–Crippen LogP) is 3.77. The minimum absolute atomic E-state index is 0.523. The summed E-state index contributed by atoms with van der Waals surface area (Å²) in [4.78, 5) is 4.25. The quantitative estimate of drug-likeness (QED) is 0.736. The highest BCUT2D eigenvalue weighted by molar-refractivity contribution is 5.61. The monoisotopic (exact) mass is 256 g/mol. The highest BCUT2D eigenvalue weighted by atomic mass is 16.5. The van der Waals surface area contributed by atoms with Gasteiger partial charge in [-0.25, -0.2) is 4.98 Å². The van der Waals surface area contributed by atoms with Crippen LogP contribution in [-0.2, 0) is 6.54 Å². The van der Waals surface area contributed by atoms with Crippen LogP contribution in [0.5, 0.6) is 5.75 Å². The SMILES string of the molecule is C=CCOc1cccc(-c2cncn2CC(C)C)c1. The Kier molecular flexibility index (Phi) is 4.39. The average molecular weight is 256 g/mol. The Morgan fingerprint density at radius 1 is 1.42 bits per heavy atom. The van der Waals surface area contributed by atoms with E-state index in [-0.39, 0.29) is 0 Å². The van der Waals surface area contributed by atoms with Crippen molar-refractivity contribution in [2.75, 3.05) is 6.61 Å². The summed E-state index contributed by atoms with van der Waals surface area (Å²) in [6, 6.07) is 8.07. The van der Waals surface area contributed by atoms with Gasteiger partial charge in [0.25, 0.3) is 0 Å². The number of ether oxygens (including phenoxy) is 1. The molecule has 0 atom stereocenters. The molecule has 0 N–H and O–H groups in total. The van der Waals surface area contributed by atoms with Gasteiger partial charge in [-0.2, -0.15) is 0 Å². The van der Waals surface area contributed by atoms with Gasteiger partial charge in [0.1, 0.15) is 12.4 Å². The first-order valence-corrected chi connectivity index (χ1v) is 6.55. The van der Waals surface area contributed by atoms with Crippen molar-refractivity contribution in [2.24, 2.45) is 5.92 Å². The van der Waals surface area contributed by atoms with Gasteiger partial charge in [-0.15, -0.1) is 0 Å². The van der Waals surface area contributed by atoms with Gasteiger partial charge in [-0.1, -0.05) is 38.6 Å². The third kappa shape index (κ3) is 3.47. The van der Waals surface area contributed by atoms with Crippen molar-refractivity contribution in [1.82, 2.24) is 9.55 Å². The van der Waals surface area contributed by atoms with Gasteiger partial charge in [-0.3, -0.25) is 0 Å². The highest BCUT2D eigenvalue weighted by Crippen LogP contribution is 2.24. The van der Waals surface area contributed by atoms with Crippen molar-refractivity contribution >= 4 is 0 Å². The zero-order valence-electron chi connectivity index (χ0n) is 11.5. The van der Waals surface area contributed by atoms with Crippen molar-refractivity contribution in [3.8, 4) is 17.0 Å². The van der Waals surface area contributed by atoms with Gasteiger partial charge in [-0.05, 0) is 18.1 Å². The molecule has 2 rings (SSSR count). The van der Waals surface area contributed by atoms with Crippen LogP contribution in [0.25, 0.3) is 11.3 Å². The average Bonchev–Trinajstić information content (AvgIpc) is 2.84. The zero-order valence-corrected chi connectivity index (χ0v) is 11.5. The molecule has 19 heavy (non-hydrogen) atoms. The Labute approximate surface area is 114 Å². The second-order valence-corrected chi connectivity index (χ2v) is 4.95. The fourth-order valence-corrected chi connectivity index (χ4v) is 2.00. The van der Waals surface area contributed by atoms with E-state index in [2.05, 4.69) is 36.0 Å². The Morgan fingerprint density at radius 2 is 2.26 bits per heavy atom. The lowest BCUT2D eigenvalue weighted by atomic mass is 10.1. The smallest absolute Gasteiger partial charge is 0.120 e. The van der Waals surface area contributed by atoms with E-state index >= 15 is 0 Å². The van der Waals surface area contributed by atoms with E-state index in [9.17, 15) is 0 Å². The highest BCUT2D eigenvalue weighted by Gasteiger charge is 2.07. The fraction of sp³-hybridized carbons (Fsp3) is 0.312. The molecule has 0 saturated carbocycles. The number of aromatic nitrogens is 2. The Morgan fingerprint density at radius 3 is 3.00 bits per heavy atom. The molecular weight excluding hydrogens is 236 g/mol. The largest absolute Gasteiger partial charge is 0.490 e. The van der Waals surface area contributed by atoms with E-state index < -0.39 is 0 Å². The maximum atomic E-state index is 5.57. The minimum atomic E-state index is 0.523. The predicted molar refractivity (Wildman–Crippen MR) is 78.2 cm³/mol. The van der Waals surface area contributed by atoms with Crippen LogP contribution in [0.1, 0.15) is 13.8 Å². The second-order valence-electron chi connectivity index (χ2n) is 4.95. The lowest BCUT2D eigenvalue weighted by Gasteiger charge is -2.11. The zero-order chi connectivity index (χ0) is 13.7. The molecular formula is C16H20N2O. The summed E-state index contributed by atoms with van der Waals surface area (Å²) in [6.45, 7) is 9.55. The summed E-state index contributed by atoms with van der Waals surface area (Å²) in [5.41, 5.74) is 2.25. The van der Waals surface area contributed by atoms with Crippen LogP contribution in [0.3, 0.4) is 0 Å². The number of nitrogens with zero attached hydrogens (tertiary/aromatic N) is 2. The Bertz CT molecular complexity index is 543. The Balaban J connectivity index is 2.26. The molecule has 2 aromatic rings. The van der Waals surface area contributed by atoms with Gasteiger partial charge in [0, 0.05) is 12.1 Å². The van der Waals surface area contributed by atoms with E-state index in [1.54, 1.807) is 6.08 Å². The van der Waals surface area contributed by atoms with Gasteiger partial charge in [0.15, 0.2) is 0 Å². The molecule has 0 bridgehead atoms. The molecule has 0 unspecified atom stereocenters. The van der Waals surface area contributed by atoms with Gasteiger partial charge in [0.2, 0.25) is 0 Å². The van der Waals surface area contributed by atoms with Gasteiger partial charge >= 0.3 is 0 Å². The molecule has 3 nitrogen and oxygen atoms in total. The maximum absolute atomic E-state index is 5.57. The summed E-state index contributed by atoms with van der Waals surface area (Å²) in [7, 11) is 0. The van der Waals surface area contributed by atoms with E-state index in [1.807, 2.05) is 30.7 Å². The van der Waals surface area contributed by atoms with E-state index in [1.165, 1.54) is 0 Å². The number of benzene rings is 1. The van der Waals surface area contributed by atoms with Crippen LogP contribution < -0.4 is 4.74 Å². The van der Waals surface area contributed by atoms with Gasteiger partial charge in [0.05, 0.1) is 18.2 Å². The molecule has 1 heterocycles. The van der Waals surface area contributed by atoms with Crippen molar-refractivity contribution in [3.63, 3.8) is 0 Å². The molecule has 1 aromatic heterocycles. The normalized spacial score (nSPS) is 10.7. The molecule has 0 saturated heterocycles. The summed E-state index contributed by atoms with van der Waals surface area (Å²) in [6.07, 6.45) is 5.53. The van der Waals surface area contributed by atoms with Crippen molar-refractivity contribution in [1.29, 1.82) is 0 Å². The third-order valence-corrected chi connectivity index (χ3v) is 2.77. The lowest BCUT2D eigenvalue weighted by Crippen LogP contribution is -2.04. The van der Waals surface area contributed by atoms with Crippen molar-refractivity contribution in [2.45, 2.75) is 20.4 Å². The van der Waals surface area contributed by atoms with Gasteiger partial charge < -0.3 is 9.30 Å². The first kappa shape index (κ1) is 13.4. The van der Waals surface area contributed by atoms with Crippen LogP contribution in [-0.4, -0.2) is 16.2 Å². The maximum Gasteiger partial charge on any atom is 0.120 e. The number of rotatable bonds is 6. The van der Waals surface area contributed by atoms with E-state index in [0.29, 0.717) is 12.5 Å². The van der Waals surface area contributed by atoms with Crippen LogP contribution in [0.15, 0.2) is 49.4 Å². The molecule has 1 aromatic carbocycles. The summed E-state index contributed by atoms with van der Waals surface area (Å²) in [5, 5.41) is 0. The third-order valence-electron chi connectivity index (χ3n) is 2.77. The minimum Gasteiger partial charge on any atom is -0.490 e. The van der Waals surface area contributed by atoms with Crippen molar-refractivity contribution in [3.05, 3.63) is 49.4 Å². The topological polar surface area (TPSA) is 27.1 Å². The fourth-order valence-electron chi connectivity index (χ4n) is 2.00. The molecule has 0 amide bonds. The first-order chi connectivity index (χ1) is 9.20. The second kappa shape index (κ2) is 6.23. The van der Waals surface area contributed by atoms with Crippen LogP contribution in [0.4, 0.5) is 0 Å². The number of hydrogen-bond acceptors (Lipinski definition) is 2. The Hall–Kier alpha value is -2.03. The van der Waals surface area contributed by atoms with Crippen LogP contribution in [0, 0.1) is 5.92 Å². The van der Waals surface area contributed by atoms with E-state index in [0.717, 1.165) is 23.6 Å². The molecule has 0 aliphatic heterocycles. The summed E-state index contributed by atoms with van der Waals surface area (Å²) in [5.74, 6) is 1.45. The molecule has 0 radical (unpaired) electrons. The number of hydrogen-bond donors (Lipinski definition) is 0.